The Labute approximate surface area is 115 Å². The molecule has 1 atom stereocenters. The fourth-order valence-corrected chi connectivity index (χ4v) is 1.73. The number of amides is 1. The number of ether oxygens (including phenoxy) is 1. The molecule has 106 valence electrons. The molecule has 0 saturated heterocycles. The maximum atomic E-state index is 11.7. The van der Waals surface area contributed by atoms with E-state index in [0.29, 0.717) is 13.1 Å². The minimum absolute atomic E-state index is 0.00378. The SMILES string of the molecule is COc1ccc(C(C)(C)CNC(=O)C(C)CN)cc1. The van der Waals surface area contributed by atoms with Gasteiger partial charge in [-0.25, -0.2) is 0 Å². The number of hydrogen-bond acceptors (Lipinski definition) is 3. The average molecular weight is 264 g/mol. The second kappa shape index (κ2) is 6.57. The summed E-state index contributed by atoms with van der Waals surface area (Å²) in [6.07, 6.45) is 0. The number of rotatable bonds is 6. The first kappa shape index (κ1) is 15.5. The van der Waals surface area contributed by atoms with Crippen molar-refractivity contribution in [1.82, 2.24) is 5.32 Å². The predicted molar refractivity (Wildman–Crippen MR) is 77.2 cm³/mol. The van der Waals surface area contributed by atoms with Crippen LogP contribution in [-0.2, 0) is 10.2 Å². The van der Waals surface area contributed by atoms with Crippen molar-refractivity contribution in [3.63, 3.8) is 0 Å². The Morgan fingerprint density at radius 3 is 2.42 bits per heavy atom. The Balaban J connectivity index is 2.66. The predicted octanol–water partition coefficient (Wildman–Crippen LogP) is 1.68. The van der Waals surface area contributed by atoms with Gasteiger partial charge < -0.3 is 15.8 Å². The minimum atomic E-state index is -0.147. The lowest BCUT2D eigenvalue weighted by atomic mass is 9.84. The Morgan fingerprint density at radius 2 is 1.95 bits per heavy atom. The smallest absolute Gasteiger partial charge is 0.224 e. The molecule has 3 N–H and O–H groups in total. The molecular formula is C15H24N2O2. The summed E-state index contributed by atoms with van der Waals surface area (Å²) >= 11 is 0. The van der Waals surface area contributed by atoms with E-state index in [2.05, 4.69) is 19.2 Å². The van der Waals surface area contributed by atoms with Gasteiger partial charge in [0.2, 0.25) is 5.91 Å². The first-order valence-corrected chi connectivity index (χ1v) is 6.53. The van der Waals surface area contributed by atoms with E-state index in [0.717, 1.165) is 11.3 Å². The summed E-state index contributed by atoms with van der Waals surface area (Å²) in [6.45, 7) is 6.98. The lowest BCUT2D eigenvalue weighted by Crippen LogP contribution is -2.40. The third-order valence-electron chi connectivity index (χ3n) is 3.38. The van der Waals surface area contributed by atoms with Crippen LogP contribution < -0.4 is 15.8 Å². The van der Waals surface area contributed by atoms with Crippen molar-refractivity contribution in [1.29, 1.82) is 0 Å². The lowest BCUT2D eigenvalue weighted by molar-refractivity contribution is -0.124. The van der Waals surface area contributed by atoms with E-state index in [1.54, 1.807) is 7.11 Å². The molecule has 0 aliphatic heterocycles. The van der Waals surface area contributed by atoms with Crippen LogP contribution in [0.2, 0.25) is 0 Å². The van der Waals surface area contributed by atoms with Crippen LogP contribution in [0.5, 0.6) is 5.75 Å². The maximum absolute atomic E-state index is 11.7. The lowest BCUT2D eigenvalue weighted by Gasteiger charge is -2.26. The van der Waals surface area contributed by atoms with E-state index in [1.165, 1.54) is 0 Å². The highest BCUT2D eigenvalue weighted by molar-refractivity contribution is 5.78. The molecule has 0 aliphatic rings. The molecule has 0 saturated carbocycles. The van der Waals surface area contributed by atoms with Gasteiger partial charge in [-0.05, 0) is 17.7 Å². The van der Waals surface area contributed by atoms with Crippen LogP contribution in [0.4, 0.5) is 0 Å². The molecule has 1 aromatic rings. The quantitative estimate of drug-likeness (QED) is 0.821. The molecule has 0 radical (unpaired) electrons. The molecule has 0 bridgehead atoms. The Morgan fingerprint density at radius 1 is 1.37 bits per heavy atom. The number of carbonyl (C=O) groups is 1. The number of carbonyl (C=O) groups excluding carboxylic acids is 1. The maximum Gasteiger partial charge on any atom is 0.224 e. The van der Waals surface area contributed by atoms with Crippen molar-refractivity contribution in [2.24, 2.45) is 11.7 Å². The molecule has 1 unspecified atom stereocenters. The Kier molecular flexibility index (Phi) is 5.36. The van der Waals surface area contributed by atoms with Gasteiger partial charge in [0.1, 0.15) is 5.75 Å². The highest BCUT2D eigenvalue weighted by Crippen LogP contribution is 2.24. The highest BCUT2D eigenvalue weighted by atomic mass is 16.5. The number of methoxy groups -OCH3 is 1. The van der Waals surface area contributed by atoms with E-state index in [9.17, 15) is 4.79 Å². The van der Waals surface area contributed by atoms with Crippen molar-refractivity contribution >= 4 is 5.91 Å². The van der Waals surface area contributed by atoms with Gasteiger partial charge in [-0.15, -0.1) is 0 Å². The molecule has 1 aromatic carbocycles. The van der Waals surface area contributed by atoms with Crippen molar-refractivity contribution in [2.75, 3.05) is 20.2 Å². The summed E-state index contributed by atoms with van der Waals surface area (Å²) in [5.74, 6) is 0.691. The number of nitrogens with one attached hydrogen (secondary N) is 1. The highest BCUT2D eigenvalue weighted by Gasteiger charge is 2.22. The summed E-state index contributed by atoms with van der Waals surface area (Å²) in [4.78, 5) is 11.7. The average Bonchev–Trinajstić information content (AvgIpc) is 2.44. The molecular weight excluding hydrogens is 240 g/mol. The molecule has 1 rings (SSSR count). The minimum Gasteiger partial charge on any atom is -0.497 e. The first-order chi connectivity index (χ1) is 8.90. The molecule has 1 amide bonds. The van der Waals surface area contributed by atoms with Gasteiger partial charge in [0.25, 0.3) is 0 Å². The fourth-order valence-electron chi connectivity index (χ4n) is 1.73. The van der Waals surface area contributed by atoms with Gasteiger partial charge in [-0.2, -0.15) is 0 Å². The van der Waals surface area contributed by atoms with Crippen molar-refractivity contribution in [3.05, 3.63) is 29.8 Å². The molecule has 0 aromatic heterocycles. The molecule has 4 nitrogen and oxygen atoms in total. The monoisotopic (exact) mass is 264 g/mol. The largest absolute Gasteiger partial charge is 0.497 e. The first-order valence-electron chi connectivity index (χ1n) is 6.53. The van der Waals surface area contributed by atoms with Gasteiger partial charge in [0, 0.05) is 24.4 Å². The Hall–Kier alpha value is -1.55. The molecule has 0 heterocycles. The van der Waals surface area contributed by atoms with Crippen LogP contribution in [0, 0.1) is 5.92 Å². The normalized spacial score (nSPS) is 12.9. The van der Waals surface area contributed by atoms with Crippen LogP contribution in [0.15, 0.2) is 24.3 Å². The second-order valence-electron chi connectivity index (χ2n) is 5.47. The molecule has 0 aliphatic carbocycles. The summed E-state index contributed by atoms with van der Waals surface area (Å²) < 4.78 is 5.14. The second-order valence-corrected chi connectivity index (χ2v) is 5.47. The topological polar surface area (TPSA) is 64.3 Å². The molecule has 0 spiro atoms. The third kappa shape index (κ3) is 4.24. The zero-order valence-corrected chi connectivity index (χ0v) is 12.2. The Bertz CT molecular complexity index is 413. The van der Waals surface area contributed by atoms with Crippen LogP contribution in [0.3, 0.4) is 0 Å². The number of benzene rings is 1. The van der Waals surface area contributed by atoms with Gasteiger partial charge in [0.05, 0.1) is 7.11 Å². The van der Waals surface area contributed by atoms with Crippen LogP contribution in [-0.4, -0.2) is 26.1 Å². The van der Waals surface area contributed by atoms with Crippen LogP contribution in [0.1, 0.15) is 26.3 Å². The van der Waals surface area contributed by atoms with Gasteiger partial charge >= 0.3 is 0 Å². The van der Waals surface area contributed by atoms with Crippen LogP contribution >= 0.6 is 0 Å². The zero-order valence-electron chi connectivity index (χ0n) is 12.2. The van der Waals surface area contributed by atoms with Gasteiger partial charge in [-0.3, -0.25) is 4.79 Å². The number of nitrogens with two attached hydrogens (primary N) is 1. The van der Waals surface area contributed by atoms with Crippen LogP contribution in [0.25, 0.3) is 0 Å². The summed E-state index contributed by atoms with van der Waals surface area (Å²) in [6, 6.07) is 7.91. The van der Waals surface area contributed by atoms with Crippen molar-refractivity contribution in [3.8, 4) is 5.75 Å². The molecule has 0 fully saturated rings. The molecule has 4 heteroatoms. The van der Waals surface area contributed by atoms with E-state index < -0.39 is 0 Å². The summed E-state index contributed by atoms with van der Waals surface area (Å²) in [7, 11) is 1.65. The summed E-state index contributed by atoms with van der Waals surface area (Å²) in [5.41, 5.74) is 6.51. The van der Waals surface area contributed by atoms with E-state index in [1.807, 2.05) is 31.2 Å². The standard InChI is InChI=1S/C15H24N2O2/c1-11(9-16)14(18)17-10-15(2,3)12-5-7-13(19-4)8-6-12/h5-8,11H,9-10,16H2,1-4H3,(H,17,18). The van der Waals surface area contributed by atoms with Gasteiger partial charge in [0.15, 0.2) is 0 Å². The van der Waals surface area contributed by atoms with Gasteiger partial charge in [-0.1, -0.05) is 32.9 Å². The van der Waals surface area contributed by atoms with E-state index in [-0.39, 0.29) is 17.2 Å². The third-order valence-corrected chi connectivity index (χ3v) is 3.38. The van der Waals surface area contributed by atoms with Crippen molar-refractivity contribution < 1.29 is 9.53 Å². The number of hydrogen-bond donors (Lipinski definition) is 2. The fraction of sp³-hybridized carbons (Fsp3) is 0.533. The zero-order chi connectivity index (χ0) is 14.5. The van der Waals surface area contributed by atoms with Crippen molar-refractivity contribution in [2.45, 2.75) is 26.2 Å². The van der Waals surface area contributed by atoms with E-state index in [4.69, 9.17) is 10.5 Å². The summed E-state index contributed by atoms with van der Waals surface area (Å²) in [5, 5.41) is 2.95. The van der Waals surface area contributed by atoms with E-state index >= 15 is 0 Å². The molecule has 19 heavy (non-hydrogen) atoms.